The van der Waals surface area contributed by atoms with Crippen molar-refractivity contribution >= 4 is 5.95 Å². The van der Waals surface area contributed by atoms with E-state index in [9.17, 15) is 0 Å². The van der Waals surface area contributed by atoms with Gasteiger partial charge in [0, 0.05) is 11.3 Å². The van der Waals surface area contributed by atoms with Crippen molar-refractivity contribution in [1.29, 1.82) is 0 Å². The highest BCUT2D eigenvalue weighted by Crippen LogP contribution is 2.34. The van der Waals surface area contributed by atoms with Crippen molar-refractivity contribution in [3.05, 3.63) is 29.0 Å². The van der Waals surface area contributed by atoms with Crippen LogP contribution in [0, 0.1) is 13.8 Å². The van der Waals surface area contributed by atoms with Gasteiger partial charge in [0.2, 0.25) is 0 Å². The number of H-pyrrole nitrogens is 1. The Hall–Kier alpha value is -1.97. The van der Waals surface area contributed by atoms with Crippen LogP contribution < -0.4 is 10.5 Å². The van der Waals surface area contributed by atoms with Crippen molar-refractivity contribution in [1.82, 2.24) is 9.97 Å². The Morgan fingerprint density at radius 2 is 1.95 bits per heavy atom. The first kappa shape index (κ1) is 13.5. The van der Waals surface area contributed by atoms with Crippen LogP contribution in [0.3, 0.4) is 0 Å². The van der Waals surface area contributed by atoms with Crippen LogP contribution in [-0.2, 0) is 0 Å². The summed E-state index contributed by atoms with van der Waals surface area (Å²) in [6, 6.07) is 4.22. The molecular weight excluding hydrogens is 238 g/mol. The predicted molar refractivity (Wildman–Crippen MR) is 78.6 cm³/mol. The second kappa shape index (κ2) is 4.96. The maximum absolute atomic E-state index is 5.73. The molecule has 0 aliphatic carbocycles. The molecule has 0 bridgehead atoms. The minimum absolute atomic E-state index is 0.394. The van der Waals surface area contributed by atoms with Crippen molar-refractivity contribution in [3.8, 4) is 17.0 Å². The summed E-state index contributed by atoms with van der Waals surface area (Å²) in [5.74, 6) is 1.78. The van der Waals surface area contributed by atoms with Gasteiger partial charge < -0.3 is 15.5 Å². The Labute approximate surface area is 114 Å². The van der Waals surface area contributed by atoms with Gasteiger partial charge in [-0.1, -0.05) is 13.8 Å². The molecule has 3 N–H and O–H groups in total. The molecule has 0 saturated carbocycles. The molecule has 0 atom stereocenters. The first-order valence-corrected chi connectivity index (χ1v) is 6.45. The molecule has 1 aromatic carbocycles. The zero-order valence-electron chi connectivity index (χ0n) is 12.2. The lowest BCUT2D eigenvalue weighted by molar-refractivity contribution is 0.407. The van der Waals surface area contributed by atoms with Gasteiger partial charge in [-0.15, -0.1) is 0 Å². The smallest absolute Gasteiger partial charge is 0.198 e. The van der Waals surface area contributed by atoms with E-state index in [-0.39, 0.29) is 0 Å². The molecule has 0 aliphatic heterocycles. The van der Waals surface area contributed by atoms with E-state index in [4.69, 9.17) is 10.5 Å². The van der Waals surface area contributed by atoms with Crippen molar-refractivity contribution in [2.24, 2.45) is 0 Å². The summed E-state index contributed by atoms with van der Waals surface area (Å²) < 4.78 is 5.46. The largest absolute Gasteiger partial charge is 0.496 e. The third-order valence-electron chi connectivity index (χ3n) is 3.36. The molecule has 0 spiro atoms. The molecule has 1 aromatic heterocycles. The molecule has 4 heteroatoms. The number of nitrogen functional groups attached to an aromatic ring is 1. The number of hydrogen-bond acceptors (Lipinski definition) is 3. The van der Waals surface area contributed by atoms with Crippen LogP contribution in [0.1, 0.15) is 36.6 Å². The maximum Gasteiger partial charge on any atom is 0.198 e. The second-order valence-electron chi connectivity index (χ2n) is 5.16. The van der Waals surface area contributed by atoms with Crippen LogP contribution in [0.15, 0.2) is 12.1 Å². The van der Waals surface area contributed by atoms with Gasteiger partial charge in [0.15, 0.2) is 5.95 Å². The van der Waals surface area contributed by atoms with Gasteiger partial charge in [-0.05, 0) is 43.0 Å². The number of ether oxygens (including phenoxy) is 1. The lowest BCUT2D eigenvalue weighted by atomic mass is 9.94. The molecule has 2 aromatic rings. The number of nitrogens with zero attached hydrogens (tertiary/aromatic N) is 1. The number of nitrogens with one attached hydrogen (secondary N) is 1. The summed E-state index contributed by atoms with van der Waals surface area (Å²) in [6.45, 7) is 8.36. The highest BCUT2D eigenvalue weighted by atomic mass is 16.5. The summed E-state index contributed by atoms with van der Waals surface area (Å²) in [6.07, 6.45) is 0. The number of nitrogens with two attached hydrogens (primary N) is 1. The summed E-state index contributed by atoms with van der Waals surface area (Å²) in [4.78, 5) is 7.42. The first-order chi connectivity index (χ1) is 8.93. The van der Waals surface area contributed by atoms with Gasteiger partial charge >= 0.3 is 0 Å². The van der Waals surface area contributed by atoms with Crippen molar-refractivity contribution in [2.75, 3.05) is 12.8 Å². The minimum atomic E-state index is 0.394. The average Bonchev–Trinajstić information content (AvgIpc) is 2.67. The van der Waals surface area contributed by atoms with Crippen LogP contribution in [0.25, 0.3) is 11.3 Å². The molecule has 4 nitrogen and oxygen atoms in total. The molecule has 0 aliphatic rings. The van der Waals surface area contributed by atoms with Crippen molar-refractivity contribution in [3.63, 3.8) is 0 Å². The number of aromatic amines is 1. The number of aromatic nitrogens is 2. The average molecular weight is 259 g/mol. The summed E-state index contributed by atoms with van der Waals surface area (Å²) in [5.41, 5.74) is 11.1. The van der Waals surface area contributed by atoms with E-state index in [1.807, 2.05) is 6.92 Å². The number of anilines is 1. The highest BCUT2D eigenvalue weighted by Gasteiger charge is 2.15. The van der Waals surface area contributed by atoms with Gasteiger partial charge in [0.1, 0.15) is 5.75 Å². The molecule has 0 amide bonds. The van der Waals surface area contributed by atoms with E-state index in [0.717, 1.165) is 28.3 Å². The van der Waals surface area contributed by atoms with E-state index in [2.05, 4.69) is 42.9 Å². The fourth-order valence-corrected chi connectivity index (χ4v) is 2.33. The number of rotatable bonds is 3. The van der Waals surface area contributed by atoms with E-state index in [1.165, 1.54) is 5.56 Å². The Morgan fingerprint density at radius 3 is 2.42 bits per heavy atom. The Kier molecular flexibility index (Phi) is 3.51. The topological polar surface area (TPSA) is 63.9 Å². The van der Waals surface area contributed by atoms with E-state index in [1.54, 1.807) is 7.11 Å². The lowest BCUT2D eigenvalue weighted by Gasteiger charge is -2.15. The summed E-state index contributed by atoms with van der Waals surface area (Å²) in [5, 5.41) is 0. The van der Waals surface area contributed by atoms with Gasteiger partial charge in [-0.25, -0.2) is 4.98 Å². The third-order valence-corrected chi connectivity index (χ3v) is 3.36. The van der Waals surface area contributed by atoms with Gasteiger partial charge in [-0.2, -0.15) is 0 Å². The normalized spacial score (nSPS) is 11.1. The molecule has 19 heavy (non-hydrogen) atoms. The number of benzene rings is 1. The van der Waals surface area contributed by atoms with Crippen LogP contribution in [0.5, 0.6) is 5.75 Å². The van der Waals surface area contributed by atoms with Gasteiger partial charge in [0.25, 0.3) is 0 Å². The van der Waals surface area contributed by atoms with Gasteiger partial charge in [-0.3, -0.25) is 0 Å². The fourth-order valence-electron chi connectivity index (χ4n) is 2.33. The number of aryl methyl sites for hydroxylation is 2. The van der Waals surface area contributed by atoms with E-state index in [0.29, 0.717) is 11.9 Å². The van der Waals surface area contributed by atoms with Crippen LogP contribution in [0.4, 0.5) is 5.95 Å². The molecule has 1 heterocycles. The van der Waals surface area contributed by atoms with Crippen molar-refractivity contribution in [2.45, 2.75) is 33.6 Å². The Morgan fingerprint density at radius 1 is 1.26 bits per heavy atom. The third kappa shape index (κ3) is 2.43. The zero-order valence-corrected chi connectivity index (χ0v) is 12.2. The summed E-state index contributed by atoms with van der Waals surface area (Å²) in [7, 11) is 1.71. The first-order valence-electron chi connectivity index (χ1n) is 6.45. The highest BCUT2D eigenvalue weighted by molar-refractivity contribution is 5.70. The quantitative estimate of drug-likeness (QED) is 0.887. The number of imidazole rings is 1. The summed E-state index contributed by atoms with van der Waals surface area (Å²) >= 11 is 0. The number of hydrogen-bond donors (Lipinski definition) is 2. The lowest BCUT2D eigenvalue weighted by Crippen LogP contribution is -1.98. The van der Waals surface area contributed by atoms with Gasteiger partial charge in [0.05, 0.1) is 12.8 Å². The number of methoxy groups -OCH3 is 1. The predicted octanol–water partition coefficient (Wildman–Crippen LogP) is 3.41. The molecule has 0 unspecified atom stereocenters. The molecule has 0 saturated heterocycles. The minimum Gasteiger partial charge on any atom is -0.496 e. The second-order valence-corrected chi connectivity index (χ2v) is 5.16. The van der Waals surface area contributed by atoms with E-state index >= 15 is 0 Å². The van der Waals surface area contributed by atoms with Crippen LogP contribution in [0.2, 0.25) is 0 Å². The maximum atomic E-state index is 5.73. The monoisotopic (exact) mass is 259 g/mol. The van der Waals surface area contributed by atoms with Crippen LogP contribution in [-0.4, -0.2) is 17.1 Å². The zero-order chi connectivity index (χ0) is 14.2. The van der Waals surface area contributed by atoms with Crippen molar-refractivity contribution < 1.29 is 4.74 Å². The molecular formula is C15H21N3O. The molecule has 102 valence electrons. The molecule has 2 rings (SSSR count). The standard InChI is InChI=1S/C15H21N3O/c1-8(2)11-7-12(9(3)6-13(11)19-5)14-10(4)17-15(16)18-14/h6-8H,1-5H3,(H3,16,17,18). The molecule has 0 fully saturated rings. The fraction of sp³-hybridized carbons (Fsp3) is 0.400. The SMILES string of the molecule is COc1cc(C)c(-c2nc(N)[nH]c2C)cc1C(C)C. The Balaban J connectivity index is 2.64. The Bertz CT molecular complexity index is 600. The van der Waals surface area contributed by atoms with Crippen LogP contribution >= 0.6 is 0 Å². The molecule has 0 radical (unpaired) electrons. The van der Waals surface area contributed by atoms with E-state index < -0.39 is 0 Å².